The molecular weight excluding hydrogens is 196 g/mol. The molecule has 0 saturated carbocycles. The Morgan fingerprint density at radius 2 is 1.46 bits per heavy atom. The summed E-state index contributed by atoms with van der Waals surface area (Å²) >= 11 is 0. The summed E-state index contributed by atoms with van der Waals surface area (Å²) in [6.07, 6.45) is -0.196. The Kier molecular flexibility index (Phi) is 4.08. The zero-order chi connectivity index (χ0) is 10.9. The fraction of sp³-hybridized carbons (Fsp3) is 0.889. The van der Waals surface area contributed by atoms with Gasteiger partial charge in [0.2, 0.25) is 0 Å². The molecule has 0 N–H and O–H groups in total. The van der Waals surface area contributed by atoms with Crippen molar-refractivity contribution in [2.45, 2.75) is 52.3 Å². The van der Waals surface area contributed by atoms with E-state index < -0.39 is 16.4 Å². The van der Waals surface area contributed by atoms with Gasteiger partial charge in [-0.1, -0.05) is 19.6 Å². The van der Waals surface area contributed by atoms with E-state index in [0.717, 1.165) is 0 Å². The summed E-state index contributed by atoms with van der Waals surface area (Å²) in [6, 6.07) is 0. The minimum atomic E-state index is -1.67. The predicted octanol–water partition coefficient (Wildman–Crippen LogP) is 2.67. The molecule has 0 fully saturated rings. The Morgan fingerprint density at radius 3 is 1.69 bits per heavy atom. The first-order chi connectivity index (χ1) is 5.54. The van der Waals surface area contributed by atoms with Gasteiger partial charge in [0.25, 0.3) is 0 Å². The maximum atomic E-state index is 11.8. The van der Waals surface area contributed by atoms with Crippen LogP contribution < -0.4 is 0 Å². The van der Waals surface area contributed by atoms with Crippen LogP contribution in [0.3, 0.4) is 0 Å². The van der Waals surface area contributed by atoms with Crippen LogP contribution in [-0.2, 0) is 9.22 Å². The monoisotopic (exact) mass is 218 g/mol. The van der Waals surface area contributed by atoms with Crippen molar-refractivity contribution in [3.05, 3.63) is 0 Å². The van der Waals surface area contributed by atoms with E-state index in [1.807, 2.05) is 6.92 Å². The van der Waals surface area contributed by atoms with Crippen molar-refractivity contribution in [2.75, 3.05) is 0 Å². The summed E-state index contributed by atoms with van der Waals surface area (Å²) in [6.45, 7) is 14.4. The van der Waals surface area contributed by atoms with Gasteiger partial charge in [0, 0.05) is 0 Å². The Morgan fingerprint density at radius 1 is 1.08 bits per heavy atom. The van der Waals surface area contributed by atoms with Gasteiger partial charge in [-0.05, 0) is 26.6 Å². The molecular formula is C9H22O2Si2. The van der Waals surface area contributed by atoms with Crippen molar-refractivity contribution in [3.63, 3.8) is 0 Å². The van der Waals surface area contributed by atoms with Crippen LogP contribution in [-0.4, -0.2) is 27.9 Å². The molecule has 0 aromatic heterocycles. The highest BCUT2D eigenvalue weighted by molar-refractivity contribution is 7.04. The number of carbonyl (C=O) groups excluding carboxylic acids is 1. The maximum absolute atomic E-state index is 11.8. The van der Waals surface area contributed by atoms with E-state index in [9.17, 15) is 4.79 Å². The van der Waals surface area contributed by atoms with Crippen LogP contribution in [0.25, 0.3) is 0 Å². The lowest BCUT2D eigenvalue weighted by Gasteiger charge is -2.26. The normalized spacial score (nSPS) is 15.6. The summed E-state index contributed by atoms with van der Waals surface area (Å²) in [4.78, 5) is 11.8. The molecule has 0 amide bonds. The van der Waals surface area contributed by atoms with Crippen molar-refractivity contribution < 1.29 is 9.22 Å². The van der Waals surface area contributed by atoms with Crippen LogP contribution in [0.2, 0.25) is 39.3 Å². The summed E-state index contributed by atoms with van der Waals surface area (Å²) < 4.78 is 5.75. The van der Waals surface area contributed by atoms with Crippen molar-refractivity contribution >= 4 is 21.8 Å². The summed E-state index contributed by atoms with van der Waals surface area (Å²) in [5.41, 5.74) is 0. The summed E-state index contributed by atoms with van der Waals surface area (Å²) in [5, 5.41) is 0.329. The molecule has 0 aromatic carbocycles. The minimum Gasteiger partial charge on any atom is -0.408 e. The topological polar surface area (TPSA) is 26.3 Å². The van der Waals surface area contributed by atoms with E-state index in [2.05, 4.69) is 39.3 Å². The molecule has 0 saturated heterocycles. The second-order valence-electron chi connectivity index (χ2n) is 5.49. The highest BCUT2D eigenvalue weighted by Gasteiger charge is 2.31. The van der Waals surface area contributed by atoms with Crippen LogP contribution in [0.1, 0.15) is 6.92 Å². The molecule has 0 bridgehead atoms. The van der Waals surface area contributed by atoms with Gasteiger partial charge in [-0.2, -0.15) is 0 Å². The first-order valence-electron chi connectivity index (χ1n) is 4.76. The second kappa shape index (κ2) is 4.06. The Bertz CT molecular complexity index is 189. The molecule has 0 unspecified atom stereocenters. The minimum absolute atomic E-state index is 0.196. The van der Waals surface area contributed by atoms with Gasteiger partial charge < -0.3 is 9.22 Å². The number of carbonyl (C=O) groups is 1. The zero-order valence-corrected chi connectivity index (χ0v) is 11.9. The van der Waals surface area contributed by atoms with Gasteiger partial charge in [-0.25, -0.2) is 0 Å². The van der Waals surface area contributed by atoms with Gasteiger partial charge in [0.15, 0.2) is 8.32 Å². The molecule has 0 spiro atoms. The van der Waals surface area contributed by atoms with E-state index in [1.165, 1.54) is 0 Å². The van der Waals surface area contributed by atoms with E-state index in [-0.39, 0.29) is 6.10 Å². The quantitative estimate of drug-likeness (QED) is 0.678. The molecule has 0 rings (SSSR count). The van der Waals surface area contributed by atoms with Crippen LogP contribution in [0.5, 0.6) is 0 Å². The van der Waals surface area contributed by atoms with Gasteiger partial charge in [-0.15, -0.1) is 0 Å². The van der Waals surface area contributed by atoms with Crippen LogP contribution in [0, 0.1) is 0 Å². The summed E-state index contributed by atoms with van der Waals surface area (Å²) in [7, 11) is -3.23. The van der Waals surface area contributed by atoms with Crippen molar-refractivity contribution in [1.29, 1.82) is 0 Å². The zero-order valence-electron chi connectivity index (χ0n) is 9.89. The first kappa shape index (κ1) is 13.1. The summed E-state index contributed by atoms with van der Waals surface area (Å²) in [5.74, 6) is 0. The average molecular weight is 218 g/mol. The molecule has 1 atom stereocenters. The standard InChI is InChI=1S/C9H22O2Si2/c1-8(11-13(5,6)7)9(10)12(2,3)4/h8H,1-7H3/t8-/m1/s1. The third kappa shape index (κ3) is 5.38. The molecule has 78 valence electrons. The number of rotatable bonds is 4. The average Bonchev–Trinajstić information content (AvgIpc) is 1.79. The molecule has 0 aliphatic rings. The van der Waals surface area contributed by atoms with Crippen molar-refractivity contribution in [2.24, 2.45) is 0 Å². The first-order valence-corrected chi connectivity index (χ1v) is 11.7. The molecule has 13 heavy (non-hydrogen) atoms. The van der Waals surface area contributed by atoms with E-state index >= 15 is 0 Å². The van der Waals surface area contributed by atoms with E-state index in [1.54, 1.807) is 0 Å². The Hall–Kier alpha value is 0.0638. The largest absolute Gasteiger partial charge is 0.408 e. The smallest absolute Gasteiger partial charge is 0.184 e. The molecule has 0 aromatic rings. The lowest BCUT2D eigenvalue weighted by atomic mass is 10.5. The molecule has 0 radical (unpaired) electrons. The molecule has 0 heterocycles. The van der Waals surface area contributed by atoms with Gasteiger partial charge in [0.1, 0.15) is 13.5 Å². The van der Waals surface area contributed by atoms with Crippen molar-refractivity contribution in [1.82, 2.24) is 0 Å². The van der Waals surface area contributed by atoms with E-state index in [0.29, 0.717) is 5.41 Å². The SMILES string of the molecule is C[C@@H](O[Si](C)(C)C)C(=O)[Si](C)(C)C. The second-order valence-corrected chi connectivity index (χ2v) is 14.9. The van der Waals surface area contributed by atoms with Gasteiger partial charge in [0.05, 0.1) is 6.10 Å². The van der Waals surface area contributed by atoms with Crippen LogP contribution in [0.4, 0.5) is 0 Å². The van der Waals surface area contributed by atoms with E-state index in [4.69, 9.17) is 4.43 Å². The fourth-order valence-electron chi connectivity index (χ4n) is 1.19. The third-order valence-corrected chi connectivity index (χ3v) is 4.58. The lowest BCUT2D eigenvalue weighted by molar-refractivity contribution is -0.118. The molecule has 0 aliphatic heterocycles. The molecule has 0 aliphatic carbocycles. The predicted molar refractivity (Wildman–Crippen MR) is 62.2 cm³/mol. The Balaban J connectivity index is 4.30. The highest BCUT2D eigenvalue weighted by Crippen LogP contribution is 2.13. The number of hydrogen-bond acceptors (Lipinski definition) is 2. The third-order valence-electron chi connectivity index (χ3n) is 1.64. The van der Waals surface area contributed by atoms with Gasteiger partial charge in [-0.3, -0.25) is 0 Å². The van der Waals surface area contributed by atoms with Crippen molar-refractivity contribution in [3.8, 4) is 0 Å². The highest BCUT2D eigenvalue weighted by atomic mass is 28.4. The van der Waals surface area contributed by atoms with Crippen LogP contribution >= 0.6 is 0 Å². The fourth-order valence-corrected chi connectivity index (χ4v) is 3.76. The maximum Gasteiger partial charge on any atom is 0.184 e. The number of hydrogen-bond donors (Lipinski definition) is 0. The lowest BCUT2D eigenvalue weighted by Crippen LogP contribution is -2.45. The van der Waals surface area contributed by atoms with Crippen LogP contribution in [0.15, 0.2) is 0 Å². The molecule has 4 heteroatoms. The Labute approximate surface area is 83.8 Å². The molecule has 2 nitrogen and oxygen atoms in total. The van der Waals surface area contributed by atoms with Gasteiger partial charge >= 0.3 is 0 Å².